The lowest BCUT2D eigenvalue weighted by Gasteiger charge is -2.19. The molecule has 0 bridgehead atoms. The van der Waals surface area contributed by atoms with Gasteiger partial charge >= 0.3 is 0 Å². The van der Waals surface area contributed by atoms with E-state index in [2.05, 4.69) is 45.0 Å². The monoisotopic (exact) mass is 278 g/mol. The molecular formula is C16H22O2S. The largest absolute Gasteiger partial charge is 0.381 e. The molecule has 2 nitrogen and oxygen atoms in total. The molecule has 1 atom stereocenters. The van der Waals surface area contributed by atoms with Crippen LogP contribution in [0.3, 0.4) is 0 Å². The van der Waals surface area contributed by atoms with E-state index >= 15 is 0 Å². The number of benzene rings is 1. The van der Waals surface area contributed by atoms with E-state index in [4.69, 9.17) is 4.74 Å². The molecule has 3 heteroatoms. The predicted octanol–water partition coefficient (Wildman–Crippen LogP) is 3.68. The lowest BCUT2D eigenvalue weighted by Crippen LogP contribution is -2.16. The summed E-state index contributed by atoms with van der Waals surface area (Å²) in [4.78, 5) is 13.1. The molecule has 1 aromatic rings. The second kappa shape index (κ2) is 6.10. The molecule has 0 aromatic heterocycles. The summed E-state index contributed by atoms with van der Waals surface area (Å²) in [6, 6.07) is 8.55. The Bertz CT molecular complexity index is 425. The van der Waals surface area contributed by atoms with Gasteiger partial charge in [0.2, 0.25) is 0 Å². The minimum absolute atomic E-state index is 0.126. The molecule has 1 aliphatic heterocycles. The maximum absolute atomic E-state index is 11.9. The molecule has 104 valence electrons. The molecule has 1 aromatic carbocycles. The number of Topliss-reactive ketones (excluding diaryl/α,β-unsaturated/α-hetero) is 1. The Hall–Kier alpha value is -0.800. The van der Waals surface area contributed by atoms with Crippen molar-refractivity contribution >= 4 is 17.5 Å². The fourth-order valence-corrected chi connectivity index (χ4v) is 2.99. The molecule has 1 fully saturated rings. The van der Waals surface area contributed by atoms with E-state index < -0.39 is 0 Å². The summed E-state index contributed by atoms with van der Waals surface area (Å²) in [7, 11) is 0. The number of carbonyl (C=O) groups is 1. The first-order valence-corrected chi connectivity index (χ1v) is 7.79. The number of hydrogen-bond acceptors (Lipinski definition) is 3. The zero-order valence-corrected chi connectivity index (χ0v) is 12.8. The summed E-state index contributed by atoms with van der Waals surface area (Å²) >= 11 is 1.63. The molecular weight excluding hydrogens is 256 g/mol. The average molecular weight is 278 g/mol. The highest BCUT2D eigenvalue weighted by Crippen LogP contribution is 2.26. The van der Waals surface area contributed by atoms with Crippen molar-refractivity contribution in [2.45, 2.75) is 37.5 Å². The van der Waals surface area contributed by atoms with Gasteiger partial charge in [-0.3, -0.25) is 4.79 Å². The number of hydrogen-bond donors (Lipinski definition) is 0. The molecule has 0 aliphatic carbocycles. The fourth-order valence-electron chi connectivity index (χ4n) is 2.11. The van der Waals surface area contributed by atoms with Gasteiger partial charge in [0, 0.05) is 17.4 Å². The van der Waals surface area contributed by atoms with Gasteiger partial charge in [-0.05, 0) is 29.5 Å². The number of thioether (sulfide) groups is 1. The third-order valence-corrected chi connectivity index (χ3v) is 4.52. The van der Waals surface area contributed by atoms with Crippen molar-refractivity contribution in [3.63, 3.8) is 0 Å². The molecule has 1 saturated heterocycles. The molecule has 0 saturated carbocycles. The van der Waals surface area contributed by atoms with Gasteiger partial charge < -0.3 is 4.74 Å². The van der Waals surface area contributed by atoms with E-state index in [0.717, 1.165) is 13.0 Å². The quantitative estimate of drug-likeness (QED) is 0.786. The Morgan fingerprint density at radius 2 is 2.00 bits per heavy atom. The summed E-state index contributed by atoms with van der Waals surface area (Å²) in [6.07, 6.45) is 0.891. The van der Waals surface area contributed by atoms with Gasteiger partial charge in [-0.2, -0.15) is 0 Å². The standard InChI is InChI=1S/C16H22O2S/c1-16(2,3)13-4-6-14(7-5-13)19-11-15(17)12-8-9-18-10-12/h4-7,12H,8-11H2,1-3H3. The van der Waals surface area contributed by atoms with Crippen LogP contribution in [0.5, 0.6) is 0 Å². The van der Waals surface area contributed by atoms with Crippen LogP contribution in [0, 0.1) is 5.92 Å². The van der Waals surface area contributed by atoms with Crippen LogP contribution < -0.4 is 0 Å². The molecule has 1 aliphatic rings. The van der Waals surface area contributed by atoms with Crippen LogP contribution in [-0.2, 0) is 14.9 Å². The Balaban J connectivity index is 1.87. The van der Waals surface area contributed by atoms with Gasteiger partial charge in [0.05, 0.1) is 12.4 Å². The smallest absolute Gasteiger partial charge is 0.148 e. The number of ether oxygens (including phenoxy) is 1. The molecule has 0 N–H and O–H groups in total. The minimum atomic E-state index is 0.126. The highest BCUT2D eigenvalue weighted by atomic mass is 32.2. The van der Waals surface area contributed by atoms with E-state index in [-0.39, 0.29) is 11.3 Å². The van der Waals surface area contributed by atoms with Crippen molar-refractivity contribution in [2.75, 3.05) is 19.0 Å². The highest BCUT2D eigenvalue weighted by Gasteiger charge is 2.23. The molecule has 0 amide bonds. The van der Waals surface area contributed by atoms with E-state index in [0.29, 0.717) is 18.1 Å². The van der Waals surface area contributed by atoms with Crippen LogP contribution in [0.25, 0.3) is 0 Å². The van der Waals surface area contributed by atoms with E-state index in [9.17, 15) is 4.79 Å². The Labute approximate surface area is 119 Å². The predicted molar refractivity (Wildman–Crippen MR) is 79.8 cm³/mol. The van der Waals surface area contributed by atoms with Gasteiger partial charge in [-0.25, -0.2) is 0 Å². The van der Waals surface area contributed by atoms with Gasteiger partial charge in [0.1, 0.15) is 5.78 Å². The van der Waals surface area contributed by atoms with Crippen LogP contribution in [0.2, 0.25) is 0 Å². The molecule has 2 rings (SSSR count). The zero-order chi connectivity index (χ0) is 13.9. The number of carbonyl (C=O) groups excluding carboxylic acids is 1. The van der Waals surface area contributed by atoms with Gasteiger partial charge in [-0.15, -0.1) is 11.8 Å². The first kappa shape index (κ1) is 14.6. The van der Waals surface area contributed by atoms with Gasteiger partial charge in [0.15, 0.2) is 0 Å². The Kier molecular flexibility index (Phi) is 4.69. The Morgan fingerprint density at radius 3 is 2.53 bits per heavy atom. The van der Waals surface area contributed by atoms with Crippen LogP contribution in [-0.4, -0.2) is 24.7 Å². The summed E-state index contributed by atoms with van der Waals surface area (Å²) in [5, 5.41) is 0. The zero-order valence-electron chi connectivity index (χ0n) is 11.9. The van der Waals surface area contributed by atoms with Crippen molar-refractivity contribution in [3.8, 4) is 0 Å². The number of ketones is 1. The van der Waals surface area contributed by atoms with Crippen molar-refractivity contribution in [1.82, 2.24) is 0 Å². The van der Waals surface area contributed by atoms with Crippen molar-refractivity contribution in [3.05, 3.63) is 29.8 Å². The first-order chi connectivity index (χ1) is 8.97. The van der Waals surface area contributed by atoms with Crippen LogP contribution >= 0.6 is 11.8 Å². The third-order valence-electron chi connectivity index (χ3n) is 3.49. The summed E-state index contributed by atoms with van der Waals surface area (Å²) in [5.74, 6) is 1.01. The van der Waals surface area contributed by atoms with E-state index in [1.54, 1.807) is 11.8 Å². The van der Waals surface area contributed by atoms with Crippen molar-refractivity contribution < 1.29 is 9.53 Å². The molecule has 1 heterocycles. The maximum Gasteiger partial charge on any atom is 0.148 e. The first-order valence-electron chi connectivity index (χ1n) is 6.80. The van der Waals surface area contributed by atoms with E-state index in [1.165, 1.54) is 10.5 Å². The topological polar surface area (TPSA) is 26.3 Å². The molecule has 19 heavy (non-hydrogen) atoms. The highest BCUT2D eigenvalue weighted by molar-refractivity contribution is 8.00. The normalized spacial score (nSPS) is 19.6. The Morgan fingerprint density at radius 1 is 1.32 bits per heavy atom. The summed E-state index contributed by atoms with van der Waals surface area (Å²) in [5.41, 5.74) is 1.51. The van der Waals surface area contributed by atoms with Crippen molar-refractivity contribution in [2.24, 2.45) is 5.92 Å². The molecule has 1 unspecified atom stereocenters. The SMILES string of the molecule is CC(C)(C)c1ccc(SCC(=O)C2CCOC2)cc1. The average Bonchev–Trinajstić information content (AvgIpc) is 2.89. The fraction of sp³-hybridized carbons (Fsp3) is 0.562. The second-order valence-corrected chi connectivity index (χ2v) is 7.14. The third kappa shape index (κ3) is 4.08. The van der Waals surface area contributed by atoms with Crippen LogP contribution in [0.1, 0.15) is 32.8 Å². The van der Waals surface area contributed by atoms with Gasteiger partial charge in [0.25, 0.3) is 0 Å². The summed E-state index contributed by atoms with van der Waals surface area (Å²) < 4.78 is 5.25. The van der Waals surface area contributed by atoms with E-state index in [1.807, 2.05) is 0 Å². The summed E-state index contributed by atoms with van der Waals surface area (Å²) in [6.45, 7) is 7.97. The lowest BCUT2D eigenvalue weighted by atomic mass is 9.87. The molecule has 0 radical (unpaired) electrons. The minimum Gasteiger partial charge on any atom is -0.381 e. The van der Waals surface area contributed by atoms with Crippen molar-refractivity contribution in [1.29, 1.82) is 0 Å². The number of rotatable bonds is 4. The van der Waals surface area contributed by atoms with Crippen LogP contribution in [0.4, 0.5) is 0 Å². The molecule has 0 spiro atoms. The maximum atomic E-state index is 11.9. The lowest BCUT2D eigenvalue weighted by molar-refractivity contribution is -0.120. The van der Waals surface area contributed by atoms with Crippen LogP contribution in [0.15, 0.2) is 29.2 Å². The van der Waals surface area contributed by atoms with Gasteiger partial charge in [-0.1, -0.05) is 32.9 Å². The second-order valence-electron chi connectivity index (χ2n) is 6.09.